The van der Waals surface area contributed by atoms with E-state index in [0.717, 1.165) is 30.2 Å². The van der Waals surface area contributed by atoms with Gasteiger partial charge in [0.05, 0.1) is 12.3 Å². The highest BCUT2D eigenvalue weighted by Gasteiger charge is 2.11. The summed E-state index contributed by atoms with van der Waals surface area (Å²) in [6.45, 7) is 8.48. The van der Waals surface area contributed by atoms with E-state index >= 15 is 0 Å². The van der Waals surface area contributed by atoms with Gasteiger partial charge in [-0.1, -0.05) is 0 Å². The first-order valence-electron chi connectivity index (χ1n) is 6.90. The van der Waals surface area contributed by atoms with E-state index in [9.17, 15) is 4.79 Å². The summed E-state index contributed by atoms with van der Waals surface area (Å²) in [5.41, 5.74) is 1.76. The highest BCUT2D eigenvalue weighted by atomic mass is 16.5. The fourth-order valence-corrected chi connectivity index (χ4v) is 1.97. The van der Waals surface area contributed by atoms with Crippen LogP contribution >= 0.6 is 0 Å². The molecule has 5 heteroatoms. The van der Waals surface area contributed by atoms with E-state index < -0.39 is 0 Å². The number of hydrogen-bond acceptors (Lipinski definition) is 4. The lowest BCUT2D eigenvalue weighted by Gasteiger charge is -2.24. The van der Waals surface area contributed by atoms with E-state index in [1.165, 1.54) is 6.92 Å². The van der Waals surface area contributed by atoms with E-state index in [2.05, 4.69) is 24.1 Å². The number of hydrogen-bond donors (Lipinski definition) is 1. The largest absolute Gasteiger partial charge is 0.489 e. The van der Waals surface area contributed by atoms with Crippen molar-refractivity contribution >= 4 is 17.3 Å². The predicted molar refractivity (Wildman–Crippen MR) is 81.7 cm³/mol. The number of anilines is 2. The fraction of sp³-hybridized carbons (Fsp3) is 0.533. The molecule has 1 N–H and O–H groups in total. The van der Waals surface area contributed by atoms with Crippen LogP contribution in [0.15, 0.2) is 18.2 Å². The Morgan fingerprint density at radius 1 is 1.25 bits per heavy atom. The van der Waals surface area contributed by atoms with Gasteiger partial charge in [-0.25, -0.2) is 0 Å². The van der Waals surface area contributed by atoms with Gasteiger partial charge < -0.3 is 19.7 Å². The standard InChI is InChI=1S/C15H24N2O3/c1-5-17(6-2)14-11-13(16-12(3)18)7-8-15(14)20-10-9-19-4/h7-8,11H,5-6,9-10H2,1-4H3,(H,16,18). The van der Waals surface area contributed by atoms with Crippen molar-refractivity contribution in [3.8, 4) is 5.75 Å². The highest BCUT2D eigenvalue weighted by Crippen LogP contribution is 2.31. The minimum Gasteiger partial charge on any atom is -0.489 e. The Morgan fingerprint density at radius 3 is 2.50 bits per heavy atom. The zero-order valence-corrected chi connectivity index (χ0v) is 12.7. The lowest BCUT2D eigenvalue weighted by atomic mass is 10.2. The smallest absolute Gasteiger partial charge is 0.221 e. The molecular formula is C15H24N2O3. The Balaban J connectivity index is 2.99. The summed E-state index contributed by atoms with van der Waals surface area (Å²) in [6, 6.07) is 5.67. The zero-order valence-electron chi connectivity index (χ0n) is 12.7. The third-order valence-electron chi connectivity index (χ3n) is 2.93. The Labute approximate surface area is 120 Å². The second kappa shape index (κ2) is 8.43. The van der Waals surface area contributed by atoms with E-state index in [4.69, 9.17) is 9.47 Å². The average Bonchev–Trinajstić information content (AvgIpc) is 2.42. The maximum atomic E-state index is 11.2. The molecular weight excluding hydrogens is 256 g/mol. The third kappa shape index (κ3) is 4.74. The van der Waals surface area contributed by atoms with Gasteiger partial charge in [0.25, 0.3) is 0 Å². The topological polar surface area (TPSA) is 50.8 Å². The van der Waals surface area contributed by atoms with Crippen LogP contribution < -0.4 is 15.0 Å². The normalized spacial score (nSPS) is 10.2. The number of amides is 1. The number of methoxy groups -OCH3 is 1. The van der Waals surface area contributed by atoms with E-state index in [-0.39, 0.29) is 5.91 Å². The molecule has 0 aliphatic carbocycles. The van der Waals surface area contributed by atoms with Gasteiger partial charge >= 0.3 is 0 Å². The molecule has 0 bridgehead atoms. The van der Waals surface area contributed by atoms with Crippen molar-refractivity contribution in [3.05, 3.63) is 18.2 Å². The molecule has 0 fully saturated rings. The number of rotatable bonds is 8. The van der Waals surface area contributed by atoms with E-state index in [1.54, 1.807) is 7.11 Å². The average molecular weight is 280 g/mol. The second-order valence-electron chi connectivity index (χ2n) is 4.38. The van der Waals surface area contributed by atoms with Crippen LogP contribution in [0.1, 0.15) is 20.8 Å². The van der Waals surface area contributed by atoms with Gasteiger partial charge in [0, 0.05) is 32.8 Å². The molecule has 112 valence electrons. The molecule has 0 saturated heterocycles. The Morgan fingerprint density at radius 2 is 1.95 bits per heavy atom. The van der Waals surface area contributed by atoms with Crippen LogP contribution in [0.25, 0.3) is 0 Å². The maximum Gasteiger partial charge on any atom is 0.221 e. The molecule has 20 heavy (non-hydrogen) atoms. The predicted octanol–water partition coefficient (Wildman–Crippen LogP) is 2.52. The second-order valence-corrected chi connectivity index (χ2v) is 4.38. The molecule has 0 heterocycles. The fourth-order valence-electron chi connectivity index (χ4n) is 1.97. The van der Waals surface area contributed by atoms with Crippen molar-refractivity contribution in [3.63, 3.8) is 0 Å². The SMILES string of the molecule is CCN(CC)c1cc(NC(C)=O)ccc1OCCOC. The van der Waals surface area contributed by atoms with E-state index in [1.807, 2.05) is 18.2 Å². The monoisotopic (exact) mass is 280 g/mol. The highest BCUT2D eigenvalue weighted by molar-refractivity contribution is 5.89. The Kier molecular flexibility index (Phi) is 6.87. The van der Waals surface area contributed by atoms with Crippen LogP contribution in [0.2, 0.25) is 0 Å². The van der Waals surface area contributed by atoms with Gasteiger partial charge in [-0.3, -0.25) is 4.79 Å². The van der Waals surface area contributed by atoms with Crippen LogP contribution in [-0.2, 0) is 9.53 Å². The van der Waals surface area contributed by atoms with Gasteiger partial charge in [0.2, 0.25) is 5.91 Å². The Bertz CT molecular complexity index is 431. The van der Waals surface area contributed by atoms with Crippen molar-refractivity contribution < 1.29 is 14.3 Å². The molecule has 1 rings (SSSR count). The molecule has 1 aromatic carbocycles. The zero-order chi connectivity index (χ0) is 15.0. The number of carbonyl (C=O) groups is 1. The molecule has 0 unspecified atom stereocenters. The summed E-state index contributed by atoms with van der Waals surface area (Å²) in [6.07, 6.45) is 0. The first-order valence-corrected chi connectivity index (χ1v) is 6.90. The quantitative estimate of drug-likeness (QED) is 0.743. The van der Waals surface area contributed by atoms with Gasteiger partial charge in [-0.15, -0.1) is 0 Å². The molecule has 0 saturated carbocycles. The van der Waals surface area contributed by atoms with Gasteiger partial charge in [0.15, 0.2) is 0 Å². The van der Waals surface area contributed by atoms with Crippen LogP contribution in [0.4, 0.5) is 11.4 Å². The minimum absolute atomic E-state index is 0.0800. The van der Waals surface area contributed by atoms with Gasteiger partial charge in [0.1, 0.15) is 12.4 Å². The molecule has 0 aliphatic heterocycles. The van der Waals surface area contributed by atoms with E-state index in [0.29, 0.717) is 13.2 Å². The number of carbonyl (C=O) groups excluding carboxylic acids is 1. The summed E-state index contributed by atoms with van der Waals surface area (Å²) >= 11 is 0. The lowest BCUT2D eigenvalue weighted by Crippen LogP contribution is -2.23. The number of nitrogens with zero attached hydrogens (tertiary/aromatic N) is 1. The number of benzene rings is 1. The molecule has 1 aromatic rings. The van der Waals surface area contributed by atoms with Crippen molar-refractivity contribution in [2.24, 2.45) is 0 Å². The van der Waals surface area contributed by atoms with Crippen molar-refractivity contribution in [1.29, 1.82) is 0 Å². The van der Waals surface area contributed by atoms with Crippen LogP contribution in [0.3, 0.4) is 0 Å². The molecule has 5 nitrogen and oxygen atoms in total. The van der Waals surface area contributed by atoms with Crippen LogP contribution in [0.5, 0.6) is 5.75 Å². The van der Waals surface area contributed by atoms with Crippen LogP contribution in [0, 0.1) is 0 Å². The first-order chi connectivity index (χ1) is 9.62. The summed E-state index contributed by atoms with van der Waals surface area (Å²) in [5, 5.41) is 2.80. The molecule has 0 aliphatic rings. The lowest BCUT2D eigenvalue weighted by molar-refractivity contribution is -0.114. The van der Waals surface area contributed by atoms with Gasteiger partial charge in [-0.2, -0.15) is 0 Å². The summed E-state index contributed by atoms with van der Waals surface area (Å²) in [7, 11) is 1.65. The molecule has 1 amide bonds. The summed E-state index contributed by atoms with van der Waals surface area (Å²) < 4.78 is 10.7. The number of nitrogens with one attached hydrogen (secondary N) is 1. The molecule has 0 aromatic heterocycles. The van der Waals surface area contributed by atoms with Crippen molar-refractivity contribution in [2.75, 3.05) is 43.6 Å². The van der Waals surface area contributed by atoms with Crippen molar-refractivity contribution in [1.82, 2.24) is 0 Å². The summed E-state index contributed by atoms with van der Waals surface area (Å²) in [5.74, 6) is 0.725. The minimum atomic E-state index is -0.0800. The number of ether oxygens (including phenoxy) is 2. The molecule has 0 atom stereocenters. The molecule has 0 radical (unpaired) electrons. The van der Waals surface area contributed by atoms with Crippen LogP contribution in [-0.4, -0.2) is 39.3 Å². The maximum absolute atomic E-state index is 11.2. The summed E-state index contributed by atoms with van der Waals surface area (Å²) in [4.78, 5) is 13.3. The molecule has 0 spiro atoms. The third-order valence-corrected chi connectivity index (χ3v) is 2.93. The first kappa shape index (κ1) is 16.3. The van der Waals surface area contributed by atoms with Gasteiger partial charge in [-0.05, 0) is 32.0 Å². The van der Waals surface area contributed by atoms with Crippen molar-refractivity contribution in [2.45, 2.75) is 20.8 Å². The Hall–Kier alpha value is -1.75.